The number of halogens is 3. The second kappa shape index (κ2) is 10.3. The number of nitrogens with zero attached hydrogens (tertiary/aromatic N) is 1. The molecule has 1 aromatic heterocycles. The fraction of sp³-hybridized carbons (Fsp3) is 0.160. The number of carbonyl (C=O) groups is 1. The van der Waals surface area contributed by atoms with E-state index in [1.165, 1.54) is 11.6 Å². The smallest absolute Gasteiger partial charge is 0.258 e. The summed E-state index contributed by atoms with van der Waals surface area (Å²) in [5, 5.41) is 6.64. The van der Waals surface area contributed by atoms with E-state index in [2.05, 4.69) is 41.6 Å². The number of anilines is 1. The van der Waals surface area contributed by atoms with Gasteiger partial charge in [-0.25, -0.2) is 4.98 Å². The number of benzene rings is 3. The van der Waals surface area contributed by atoms with Crippen molar-refractivity contribution in [3.63, 3.8) is 0 Å². The second-order valence-corrected chi connectivity index (χ2v) is 9.44. The number of rotatable bonds is 5. The fourth-order valence-corrected chi connectivity index (χ4v) is 4.10. The van der Waals surface area contributed by atoms with Gasteiger partial charge in [0, 0.05) is 10.6 Å². The van der Waals surface area contributed by atoms with Crippen LogP contribution in [0.15, 0.2) is 59.0 Å². The average Bonchev–Trinajstić information content (AvgIpc) is 3.24. The van der Waals surface area contributed by atoms with Gasteiger partial charge in [-0.3, -0.25) is 10.1 Å². The number of aromatic nitrogens is 1. The van der Waals surface area contributed by atoms with E-state index in [0.29, 0.717) is 38.7 Å². The lowest BCUT2D eigenvalue weighted by atomic mass is 9.98. The van der Waals surface area contributed by atoms with Crippen LogP contribution in [0.1, 0.15) is 42.1 Å². The summed E-state index contributed by atoms with van der Waals surface area (Å²) in [6.45, 7) is 4.34. The van der Waals surface area contributed by atoms with Crippen LogP contribution in [0.25, 0.3) is 22.6 Å². The molecule has 0 bridgehead atoms. The van der Waals surface area contributed by atoms with Crippen LogP contribution >= 0.6 is 47.0 Å². The molecule has 0 saturated carbocycles. The summed E-state index contributed by atoms with van der Waals surface area (Å²) < 4.78 is 5.96. The minimum absolute atomic E-state index is 0.0517. The lowest BCUT2D eigenvalue weighted by Gasteiger charge is -2.12. The Morgan fingerprint density at radius 1 is 1.06 bits per heavy atom. The molecule has 3 aromatic carbocycles. The van der Waals surface area contributed by atoms with Gasteiger partial charge in [-0.15, -0.1) is 0 Å². The third-order valence-corrected chi connectivity index (χ3v) is 6.55. The molecule has 4 aromatic rings. The summed E-state index contributed by atoms with van der Waals surface area (Å²) >= 11 is 23.7. The van der Waals surface area contributed by atoms with Gasteiger partial charge in [0.25, 0.3) is 5.91 Å². The van der Waals surface area contributed by atoms with Gasteiger partial charge >= 0.3 is 0 Å². The molecule has 34 heavy (non-hydrogen) atoms. The van der Waals surface area contributed by atoms with Crippen LogP contribution in [0.5, 0.6) is 0 Å². The standard InChI is InChI=1S/C25H20Cl3N3O2S/c1-3-13(2)14-5-9-22-21(10-14)29-24(33-22)15-4-7-19(28)20(11-15)30-25(34)31-23(32)17-12-16(26)6-8-18(17)27/h4-13H,3H2,1-2H3,(H2,30,31,32,34)/t13-/m0/s1. The van der Waals surface area contributed by atoms with Gasteiger partial charge in [-0.2, -0.15) is 0 Å². The molecule has 1 amide bonds. The molecule has 2 N–H and O–H groups in total. The van der Waals surface area contributed by atoms with Gasteiger partial charge in [0.1, 0.15) is 5.52 Å². The van der Waals surface area contributed by atoms with E-state index >= 15 is 0 Å². The first-order valence-corrected chi connectivity index (χ1v) is 12.1. The molecule has 1 atom stereocenters. The second-order valence-electron chi connectivity index (χ2n) is 7.78. The van der Waals surface area contributed by atoms with Crippen molar-refractivity contribution in [2.75, 3.05) is 5.32 Å². The Balaban J connectivity index is 1.54. The zero-order valence-electron chi connectivity index (χ0n) is 18.3. The third-order valence-electron chi connectivity index (χ3n) is 5.45. The van der Waals surface area contributed by atoms with Gasteiger partial charge in [0.05, 0.1) is 21.3 Å². The predicted octanol–water partition coefficient (Wildman–Crippen LogP) is 8.10. The van der Waals surface area contributed by atoms with E-state index in [1.807, 2.05) is 6.07 Å². The van der Waals surface area contributed by atoms with Crippen molar-refractivity contribution in [2.24, 2.45) is 0 Å². The van der Waals surface area contributed by atoms with E-state index in [0.717, 1.165) is 11.9 Å². The summed E-state index contributed by atoms with van der Waals surface area (Å²) in [6.07, 6.45) is 1.04. The number of amides is 1. The Hall–Kier alpha value is -2.64. The van der Waals surface area contributed by atoms with Crippen molar-refractivity contribution in [1.82, 2.24) is 10.3 Å². The van der Waals surface area contributed by atoms with Crippen LogP contribution in [0, 0.1) is 0 Å². The molecule has 174 valence electrons. The van der Waals surface area contributed by atoms with E-state index in [4.69, 9.17) is 51.4 Å². The number of carbonyl (C=O) groups excluding carboxylic acids is 1. The zero-order valence-corrected chi connectivity index (χ0v) is 21.4. The molecule has 9 heteroatoms. The van der Waals surface area contributed by atoms with Crippen molar-refractivity contribution in [3.8, 4) is 11.5 Å². The third kappa shape index (κ3) is 5.36. The number of hydrogen-bond donors (Lipinski definition) is 2. The van der Waals surface area contributed by atoms with Crippen LogP contribution in [0.4, 0.5) is 5.69 Å². The van der Waals surface area contributed by atoms with Gasteiger partial charge in [0.2, 0.25) is 5.89 Å². The molecule has 1 heterocycles. The van der Waals surface area contributed by atoms with Gasteiger partial charge < -0.3 is 9.73 Å². The normalized spacial score (nSPS) is 11.9. The highest BCUT2D eigenvalue weighted by molar-refractivity contribution is 7.80. The highest BCUT2D eigenvalue weighted by Gasteiger charge is 2.15. The lowest BCUT2D eigenvalue weighted by molar-refractivity contribution is 0.0978. The summed E-state index contributed by atoms with van der Waals surface area (Å²) in [5.74, 6) is 0.402. The van der Waals surface area contributed by atoms with Crippen LogP contribution in [0.3, 0.4) is 0 Å². The monoisotopic (exact) mass is 531 g/mol. The minimum atomic E-state index is -0.492. The Bertz CT molecular complexity index is 1400. The molecule has 0 aliphatic heterocycles. The first-order chi connectivity index (χ1) is 16.2. The molecule has 5 nitrogen and oxygen atoms in total. The molecule has 0 aliphatic rings. The molecular weight excluding hydrogens is 513 g/mol. The van der Waals surface area contributed by atoms with Crippen molar-refractivity contribution in [3.05, 3.63) is 80.8 Å². The summed E-state index contributed by atoms with van der Waals surface area (Å²) in [4.78, 5) is 17.2. The first-order valence-electron chi connectivity index (χ1n) is 10.5. The van der Waals surface area contributed by atoms with Crippen molar-refractivity contribution in [2.45, 2.75) is 26.2 Å². The quantitative estimate of drug-likeness (QED) is 0.254. The zero-order chi connectivity index (χ0) is 24.4. The number of nitrogens with one attached hydrogen (secondary N) is 2. The largest absolute Gasteiger partial charge is 0.436 e. The summed E-state index contributed by atoms with van der Waals surface area (Å²) in [6, 6.07) is 15.9. The molecule has 0 saturated heterocycles. The Morgan fingerprint density at radius 3 is 2.59 bits per heavy atom. The maximum Gasteiger partial charge on any atom is 0.258 e. The highest BCUT2D eigenvalue weighted by Crippen LogP contribution is 2.32. The Morgan fingerprint density at radius 2 is 1.82 bits per heavy atom. The summed E-state index contributed by atoms with van der Waals surface area (Å²) in [5.41, 5.74) is 4.12. The first kappa shape index (κ1) is 24.5. The minimum Gasteiger partial charge on any atom is -0.436 e. The Kier molecular flexibility index (Phi) is 7.43. The van der Waals surface area contributed by atoms with Crippen molar-refractivity contribution in [1.29, 1.82) is 0 Å². The number of fused-ring (bicyclic) bond motifs is 1. The number of thiocarbonyl (C=S) groups is 1. The average molecular weight is 533 g/mol. The maximum atomic E-state index is 12.5. The Labute approximate surface area is 217 Å². The van der Waals surface area contributed by atoms with Crippen LogP contribution in [-0.4, -0.2) is 16.0 Å². The highest BCUT2D eigenvalue weighted by atomic mass is 35.5. The van der Waals surface area contributed by atoms with Gasteiger partial charge in [0.15, 0.2) is 10.7 Å². The van der Waals surface area contributed by atoms with Gasteiger partial charge in [-0.05, 0) is 78.7 Å². The number of oxazole rings is 1. The molecule has 0 radical (unpaired) electrons. The van der Waals surface area contributed by atoms with Crippen LogP contribution in [-0.2, 0) is 0 Å². The number of hydrogen-bond acceptors (Lipinski definition) is 4. The van der Waals surface area contributed by atoms with E-state index in [-0.39, 0.29) is 15.7 Å². The molecule has 0 fully saturated rings. The SMILES string of the molecule is CC[C@H](C)c1ccc2oc(-c3ccc(Cl)c(NC(=S)NC(=O)c4cc(Cl)ccc4Cl)c3)nc2c1. The van der Waals surface area contributed by atoms with E-state index in [9.17, 15) is 4.79 Å². The molecular formula is C25H20Cl3N3O2S. The summed E-state index contributed by atoms with van der Waals surface area (Å²) in [7, 11) is 0. The topological polar surface area (TPSA) is 67.2 Å². The van der Waals surface area contributed by atoms with Crippen LogP contribution < -0.4 is 10.6 Å². The predicted molar refractivity (Wildman–Crippen MR) is 143 cm³/mol. The van der Waals surface area contributed by atoms with E-state index < -0.39 is 5.91 Å². The molecule has 0 unspecified atom stereocenters. The maximum absolute atomic E-state index is 12.5. The van der Waals surface area contributed by atoms with Crippen LogP contribution in [0.2, 0.25) is 15.1 Å². The lowest BCUT2D eigenvalue weighted by Crippen LogP contribution is -2.34. The van der Waals surface area contributed by atoms with E-state index in [1.54, 1.807) is 30.3 Å². The van der Waals surface area contributed by atoms with Crippen molar-refractivity contribution < 1.29 is 9.21 Å². The molecule has 4 rings (SSSR count). The molecule has 0 spiro atoms. The van der Waals surface area contributed by atoms with Gasteiger partial charge in [-0.1, -0.05) is 54.7 Å². The molecule has 0 aliphatic carbocycles. The van der Waals surface area contributed by atoms with Crippen molar-refractivity contribution >= 4 is 74.8 Å². The fourth-order valence-electron chi connectivity index (χ4n) is 3.36.